The summed E-state index contributed by atoms with van der Waals surface area (Å²) in [5, 5.41) is 3.77. The topological polar surface area (TPSA) is 77.8 Å². The number of methoxy groups -OCH3 is 1. The first-order valence-electron chi connectivity index (χ1n) is 9.71. The summed E-state index contributed by atoms with van der Waals surface area (Å²) in [6.45, 7) is -0.145. The van der Waals surface area contributed by atoms with E-state index in [9.17, 15) is 9.59 Å². The molecule has 1 aliphatic carbocycles. The molecule has 1 aromatic heterocycles. The number of hydrogen-bond donors (Lipinski definition) is 1. The van der Waals surface area contributed by atoms with E-state index < -0.39 is 5.97 Å². The van der Waals surface area contributed by atoms with Crippen LogP contribution in [0, 0.1) is 0 Å². The van der Waals surface area contributed by atoms with Gasteiger partial charge in [-0.15, -0.1) is 0 Å². The molecule has 0 spiro atoms. The average Bonchev–Trinajstić information content (AvgIpc) is 3.11. The van der Waals surface area contributed by atoms with Crippen LogP contribution in [0.25, 0.3) is 11.0 Å². The molecule has 0 aliphatic heterocycles. The number of hydrogen-bond acceptors (Lipinski definition) is 5. The average molecular weight is 393 g/mol. The number of aryl methyl sites for hydroxylation is 1. The molecule has 1 amide bonds. The van der Waals surface area contributed by atoms with Gasteiger partial charge < -0.3 is 19.2 Å². The molecular formula is C23H23NO5. The van der Waals surface area contributed by atoms with Gasteiger partial charge >= 0.3 is 5.97 Å². The lowest BCUT2D eigenvalue weighted by atomic mass is 9.88. The third kappa shape index (κ3) is 4.03. The number of esters is 1. The molecule has 1 unspecified atom stereocenters. The molecule has 0 saturated carbocycles. The van der Waals surface area contributed by atoms with E-state index in [4.69, 9.17) is 13.9 Å². The van der Waals surface area contributed by atoms with Crippen molar-refractivity contribution >= 4 is 22.8 Å². The first-order chi connectivity index (χ1) is 14.2. The van der Waals surface area contributed by atoms with Crippen molar-refractivity contribution < 1.29 is 23.5 Å². The van der Waals surface area contributed by atoms with Gasteiger partial charge in [-0.3, -0.25) is 4.79 Å². The minimum Gasteiger partial charge on any atom is -0.450 e. The normalized spacial score (nSPS) is 15.7. The lowest BCUT2D eigenvalue weighted by Crippen LogP contribution is -2.34. The molecule has 6 heteroatoms. The standard InChI is InChI=1S/C23H23NO5/c1-27-13-18-17-10-4-5-12-20(17)29-22(18)23(26)28-14-21(25)24-19-11-6-8-15-7-2-3-9-16(15)19/h2-5,7,9-10,12,19H,6,8,11,13-14H2,1H3,(H,24,25). The SMILES string of the molecule is COCc1c(C(=O)OCC(=O)NC2CCCc3ccccc32)oc2ccccc12. The maximum Gasteiger partial charge on any atom is 0.375 e. The minimum absolute atomic E-state index is 0.0543. The minimum atomic E-state index is -0.674. The molecule has 6 nitrogen and oxygen atoms in total. The second kappa shape index (κ2) is 8.49. The van der Waals surface area contributed by atoms with Crippen LogP contribution in [0.2, 0.25) is 0 Å². The lowest BCUT2D eigenvalue weighted by molar-refractivity contribution is -0.125. The Labute approximate surface area is 168 Å². The fourth-order valence-electron chi connectivity index (χ4n) is 3.89. The smallest absolute Gasteiger partial charge is 0.375 e. The first kappa shape index (κ1) is 19.2. The van der Waals surface area contributed by atoms with E-state index >= 15 is 0 Å². The zero-order chi connectivity index (χ0) is 20.2. The number of amides is 1. The zero-order valence-electron chi connectivity index (χ0n) is 16.3. The summed E-state index contributed by atoms with van der Waals surface area (Å²) in [5.74, 6) is -0.930. The number of carbonyl (C=O) groups excluding carboxylic acids is 2. The molecule has 0 bridgehead atoms. The largest absolute Gasteiger partial charge is 0.450 e. The maximum atomic E-state index is 12.6. The lowest BCUT2D eigenvalue weighted by Gasteiger charge is -2.26. The number of nitrogens with one attached hydrogen (secondary N) is 1. The summed E-state index contributed by atoms with van der Waals surface area (Å²) in [7, 11) is 1.55. The van der Waals surface area contributed by atoms with Gasteiger partial charge in [0.2, 0.25) is 5.76 Å². The van der Waals surface area contributed by atoms with Gasteiger partial charge in [0.15, 0.2) is 6.61 Å². The third-order valence-electron chi connectivity index (χ3n) is 5.21. The summed E-state index contributed by atoms with van der Waals surface area (Å²) in [6.07, 6.45) is 2.91. The predicted molar refractivity (Wildman–Crippen MR) is 107 cm³/mol. The van der Waals surface area contributed by atoms with Crippen LogP contribution in [0.3, 0.4) is 0 Å². The number of para-hydroxylation sites is 1. The fourth-order valence-corrected chi connectivity index (χ4v) is 3.89. The molecule has 29 heavy (non-hydrogen) atoms. The predicted octanol–water partition coefficient (Wildman–Crippen LogP) is 3.93. The molecule has 1 aliphatic rings. The molecule has 1 atom stereocenters. The van der Waals surface area contributed by atoms with Crippen LogP contribution in [0.4, 0.5) is 0 Å². The molecular weight excluding hydrogens is 370 g/mol. The van der Waals surface area contributed by atoms with Crippen molar-refractivity contribution in [1.82, 2.24) is 5.32 Å². The van der Waals surface area contributed by atoms with Gasteiger partial charge in [-0.25, -0.2) is 4.79 Å². The highest BCUT2D eigenvalue weighted by atomic mass is 16.5. The second-order valence-corrected chi connectivity index (χ2v) is 7.13. The first-order valence-corrected chi connectivity index (χ1v) is 9.71. The Balaban J connectivity index is 1.42. The summed E-state index contributed by atoms with van der Waals surface area (Å²) in [6, 6.07) is 15.4. The van der Waals surface area contributed by atoms with E-state index in [1.165, 1.54) is 5.56 Å². The van der Waals surface area contributed by atoms with Crippen LogP contribution >= 0.6 is 0 Å². The van der Waals surface area contributed by atoms with Crippen molar-refractivity contribution in [3.8, 4) is 0 Å². The van der Waals surface area contributed by atoms with Crippen LogP contribution in [0.1, 0.15) is 46.1 Å². The van der Waals surface area contributed by atoms with Gasteiger partial charge in [0.1, 0.15) is 5.58 Å². The maximum absolute atomic E-state index is 12.6. The summed E-state index contributed by atoms with van der Waals surface area (Å²) >= 11 is 0. The van der Waals surface area contributed by atoms with Gasteiger partial charge in [-0.2, -0.15) is 0 Å². The number of furan rings is 1. The summed E-state index contributed by atoms with van der Waals surface area (Å²) in [5.41, 5.74) is 3.59. The second-order valence-electron chi connectivity index (χ2n) is 7.13. The van der Waals surface area contributed by atoms with Crippen LogP contribution in [-0.2, 0) is 27.3 Å². The Morgan fingerprint density at radius 3 is 2.79 bits per heavy atom. The molecule has 1 heterocycles. The highest BCUT2D eigenvalue weighted by Crippen LogP contribution is 2.29. The van der Waals surface area contributed by atoms with Gasteiger partial charge in [0.05, 0.1) is 12.6 Å². The molecule has 0 saturated heterocycles. The van der Waals surface area contributed by atoms with E-state index in [1.807, 2.05) is 36.4 Å². The molecule has 2 aromatic carbocycles. The van der Waals surface area contributed by atoms with E-state index in [2.05, 4.69) is 11.4 Å². The van der Waals surface area contributed by atoms with Crippen molar-refractivity contribution in [2.45, 2.75) is 31.9 Å². The monoisotopic (exact) mass is 393 g/mol. The van der Waals surface area contributed by atoms with E-state index in [0.29, 0.717) is 11.1 Å². The highest BCUT2D eigenvalue weighted by Gasteiger charge is 2.24. The van der Waals surface area contributed by atoms with Gasteiger partial charge in [-0.05, 0) is 36.5 Å². The number of fused-ring (bicyclic) bond motifs is 2. The number of rotatable bonds is 6. The number of ether oxygens (including phenoxy) is 2. The Kier molecular flexibility index (Phi) is 5.62. The third-order valence-corrected chi connectivity index (χ3v) is 5.21. The van der Waals surface area contributed by atoms with Crippen LogP contribution in [-0.4, -0.2) is 25.6 Å². The molecule has 4 rings (SSSR count). The molecule has 150 valence electrons. The van der Waals surface area contributed by atoms with Crippen molar-refractivity contribution in [2.24, 2.45) is 0 Å². The van der Waals surface area contributed by atoms with E-state index in [0.717, 1.165) is 30.2 Å². The van der Waals surface area contributed by atoms with Crippen LogP contribution in [0.5, 0.6) is 0 Å². The number of carbonyl (C=O) groups is 2. The van der Waals surface area contributed by atoms with Crippen molar-refractivity contribution in [3.05, 3.63) is 71.0 Å². The fraction of sp³-hybridized carbons (Fsp3) is 0.304. The Bertz CT molecular complexity index is 1040. The molecule has 0 radical (unpaired) electrons. The van der Waals surface area contributed by atoms with Crippen molar-refractivity contribution in [3.63, 3.8) is 0 Å². The highest BCUT2D eigenvalue weighted by molar-refractivity contribution is 5.96. The molecule has 1 N–H and O–H groups in total. The van der Waals surface area contributed by atoms with Crippen LogP contribution < -0.4 is 5.32 Å². The zero-order valence-corrected chi connectivity index (χ0v) is 16.3. The summed E-state index contributed by atoms with van der Waals surface area (Å²) < 4.78 is 16.1. The van der Waals surface area contributed by atoms with Crippen molar-refractivity contribution in [1.29, 1.82) is 0 Å². The van der Waals surface area contributed by atoms with Crippen LogP contribution in [0.15, 0.2) is 52.9 Å². The Morgan fingerprint density at radius 2 is 1.93 bits per heavy atom. The van der Waals surface area contributed by atoms with E-state index in [-0.39, 0.29) is 30.9 Å². The molecule has 0 fully saturated rings. The Morgan fingerprint density at radius 1 is 1.14 bits per heavy atom. The molecule has 3 aromatic rings. The quantitative estimate of drug-likeness (QED) is 0.642. The van der Waals surface area contributed by atoms with Crippen molar-refractivity contribution in [2.75, 3.05) is 13.7 Å². The Hall–Kier alpha value is -3.12. The van der Waals surface area contributed by atoms with E-state index in [1.54, 1.807) is 13.2 Å². The number of benzene rings is 2. The van der Waals surface area contributed by atoms with Gasteiger partial charge in [-0.1, -0.05) is 42.5 Å². The van der Waals surface area contributed by atoms with Gasteiger partial charge in [0.25, 0.3) is 5.91 Å². The summed E-state index contributed by atoms with van der Waals surface area (Å²) in [4.78, 5) is 24.9. The van der Waals surface area contributed by atoms with Gasteiger partial charge in [0, 0.05) is 18.1 Å².